The molecule has 21 heavy (non-hydrogen) atoms. The minimum absolute atomic E-state index is 0.190. The molecule has 2 N–H and O–H groups in total. The summed E-state index contributed by atoms with van der Waals surface area (Å²) in [5, 5.41) is 0.720. The highest BCUT2D eigenvalue weighted by molar-refractivity contribution is 6.30. The van der Waals surface area contributed by atoms with Crippen LogP contribution in [0.5, 0.6) is 5.75 Å². The number of rotatable bonds is 4. The molecule has 1 unspecified atom stereocenters. The zero-order chi connectivity index (χ0) is 15.6. The van der Waals surface area contributed by atoms with E-state index < -0.39 is 0 Å². The monoisotopic (exact) mass is 304 g/mol. The van der Waals surface area contributed by atoms with Gasteiger partial charge in [-0.05, 0) is 68.1 Å². The van der Waals surface area contributed by atoms with Gasteiger partial charge in [0.2, 0.25) is 0 Å². The lowest BCUT2D eigenvalue weighted by Gasteiger charge is -2.22. The molecule has 0 aliphatic carbocycles. The van der Waals surface area contributed by atoms with Crippen LogP contribution in [0.25, 0.3) is 0 Å². The standard InChI is InChI=1S/C17H21ClN2O/c1-10-5-14(18)6-11(2)17(10)21-16(8-19)15-7-13(4)20-9-12(15)3/h5-7,9,16H,8,19H2,1-4H3. The molecular formula is C17H21ClN2O. The van der Waals surface area contributed by atoms with E-state index in [0.717, 1.165) is 38.7 Å². The van der Waals surface area contributed by atoms with Crippen LogP contribution in [-0.2, 0) is 0 Å². The summed E-state index contributed by atoms with van der Waals surface area (Å²) >= 11 is 6.07. The Bertz CT molecular complexity index is 632. The van der Waals surface area contributed by atoms with Gasteiger partial charge in [0.25, 0.3) is 0 Å². The molecule has 112 valence electrons. The Morgan fingerprint density at radius 3 is 2.29 bits per heavy atom. The van der Waals surface area contributed by atoms with E-state index in [9.17, 15) is 0 Å². The second-order valence-electron chi connectivity index (χ2n) is 5.39. The number of hydrogen-bond donors (Lipinski definition) is 1. The van der Waals surface area contributed by atoms with Crippen LogP contribution in [-0.4, -0.2) is 11.5 Å². The number of halogens is 1. The van der Waals surface area contributed by atoms with Crippen molar-refractivity contribution in [3.63, 3.8) is 0 Å². The van der Waals surface area contributed by atoms with Gasteiger partial charge in [-0.25, -0.2) is 0 Å². The molecule has 0 aliphatic rings. The summed E-state index contributed by atoms with van der Waals surface area (Å²) in [5.74, 6) is 0.851. The molecule has 1 atom stereocenters. The highest BCUT2D eigenvalue weighted by Gasteiger charge is 2.17. The Labute approximate surface area is 131 Å². The van der Waals surface area contributed by atoms with Gasteiger partial charge in [0.1, 0.15) is 11.9 Å². The third-order valence-corrected chi connectivity index (χ3v) is 3.75. The molecule has 2 aromatic rings. The molecular weight excluding hydrogens is 284 g/mol. The first-order valence-electron chi connectivity index (χ1n) is 6.99. The van der Waals surface area contributed by atoms with Crippen LogP contribution >= 0.6 is 11.6 Å². The minimum Gasteiger partial charge on any atom is -0.484 e. The van der Waals surface area contributed by atoms with Gasteiger partial charge in [-0.1, -0.05) is 11.6 Å². The Kier molecular flexibility index (Phi) is 4.86. The molecule has 1 aromatic heterocycles. The number of aromatic nitrogens is 1. The zero-order valence-corrected chi connectivity index (χ0v) is 13.7. The Morgan fingerprint density at radius 2 is 1.71 bits per heavy atom. The maximum Gasteiger partial charge on any atom is 0.136 e. The van der Waals surface area contributed by atoms with E-state index in [-0.39, 0.29) is 6.10 Å². The molecule has 1 aromatic carbocycles. The summed E-state index contributed by atoms with van der Waals surface area (Å²) in [7, 11) is 0. The van der Waals surface area contributed by atoms with Crippen LogP contribution < -0.4 is 10.5 Å². The van der Waals surface area contributed by atoms with E-state index in [4.69, 9.17) is 22.1 Å². The zero-order valence-electron chi connectivity index (χ0n) is 12.9. The summed E-state index contributed by atoms with van der Waals surface area (Å²) < 4.78 is 6.19. The van der Waals surface area contributed by atoms with Gasteiger partial charge in [0.15, 0.2) is 0 Å². The highest BCUT2D eigenvalue weighted by atomic mass is 35.5. The van der Waals surface area contributed by atoms with Crippen LogP contribution in [0.4, 0.5) is 0 Å². The lowest BCUT2D eigenvalue weighted by Crippen LogP contribution is -2.20. The molecule has 0 aliphatic heterocycles. The van der Waals surface area contributed by atoms with Crippen molar-refractivity contribution in [2.45, 2.75) is 33.8 Å². The van der Waals surface area contributed by atoms with Crippen LogP contribution in [0.2, 0.25) is 5.02 Å². The van der Waals surface area contributed by atoms with Crippen molar-refractivity contribution in [1.82, 2.24) is 4.98 Å². The Hall–Kier alpha value is -1.58. The molecule has 0 fully saturated rings. The average Bonchev–Trinajstić information content (AvgIpc) is 2.41. The van der Waals surface area contributed by atoms with E-state index in [0.29, 0.717) is 6.54 Å². The van der Waals surface area contributed by atoms with Crippen LogP contribution in [0.15, 0.2) is 24.4 Å². The van der Waals surface area contributed by atoms with Gasteiger partial charge < -0.3 is 10.5 Å². The van der Waals surface area contributed by atoms with Crippen molar-refractivity contribution < 1.29 is 4.74 Å². The molecule has 0 amide bonds. The summed E-state index contributed by atoms with van der Waals surface area (Å²) in [4.78, 5) is 4.30. The normalized spacial score (nSPS) is 12.3. The molecule has 0 saturated heterocycles. The number of hydrogen-bond acceptors (Lipinski definition) is 3. The van der Waals surface area contributed by atoms with E-state index in [1.807, 2.05) is 52.1 Å². The van der Waals surface area contributed by atoms with Crippen molar-refractivity contribution in [3.8, 4) is 5.75 Å². The molecule has 0 spiro atoms. The number of pyridine rings is 1. The first-order chi connectivity index (χ1) is 9.92. The third kappa shape index (κ3) is 3.55. The number of nitrogens with zero attached hydrogens (tertiary/aromatic N) is 1. The SMILES string of the molecule is Cc1cc(C(CN)Oc2c(C)cc(Cl)cc2C)c(C)cn1. The van der Waals surface area contributed by atoms with Gasteiger partial charge in [0, 0.05) is 23.5 Å². The van der Waals surface area contributed by atoms with Gasteiger partial charge in [-0.15, -0.1) is 0 Å². The smallest absolute Gasteiger partial charge is 0.136 e. The number of aryl methyl sites for hydroxylation is 4. The molecule has 4 heteroatoms. The molecule has 0 saturated carbocycles. The Morgan fingerprint density at radius 1 is 1.10 bits per heavy atom. The number of ether oxygens (including phenoxy) is 1. The van der Waals surface area contributed by atoms with Crippen LogP contribution in [0.1, 0.15) is 34.1 Å². The summed E-state index contributed by atoms with van der Waals surface area (Å²) in [6.45, 7) is 8.38. The molecule has 0 bridgehead atoms. The number of nitrogens with two attached hydrogens (primary N) is 1. The van der Waals surface area contributed by atoms with E-state index in [1.165, 1.54) is 0 Å². The second kappa shape index (κ2) is 6.46. The fourth-order valence-electron chi connectivity index (χ4n) is 2.46. The summed E-state index contributed by atoms with van der Waals surface area (Å²) in [6.07, 6.45) is 1.67. The van der Waals surface area contributed by atoms with Crippen molar-refractivity contribution in [1.29, 1.82) is 0 Å². The van der Waals surface area contributed by atoms with Crippen LogP contribution in [0.3, 0.4) is 0 Å². The number of benzene rings is 1. The van der Waals surface area contributed by atoms with Crippen LogP contribution in [0, 0.1) is 27.7 Å². The predicted octanol–water partition coefficient (Wildman–Crippen LogP) is 4.05. The van der Waals surface area contributed by atoms with E-state index in [2.05, 4.69) is 4.98 Å². The molecule has 3 nitrogen and oxygen atoms in total. The quantitative estimate of drug-likeness (QED) is 0.927. The van der Waals surface area contributed by atoms with Gasteiger partial charge in [0.05, 0.1) is 0 Å². The molecule has 1 heterocycles. The fourth-order valence-corrected chi connectivity index (χ4v) is 2.79. The van der Waals surface area contributed by atoms with Crippen molar-refractivity contribution in [2.75, 3.05) is 6.54 Å². The fraction of sp³-hybridized carbons (Fsp3) is 0.353. The predicted molar refractivity (Wildman–Crippen MR) is 87.1 cm³/mol. The third-order valence-electron chi connectivity index (χ3n) is 3.53. The van der Waals surface area contributed by atoms with Crippen molar-refractivity contribution in [2.24, 2.45) is 5.73 Å². The first kappa shape index (κ1) is 15.8. The maximum absolute atomic E-state index is 6.19. The molecule has 2 rings (SSSR count). The van der Waals surface area contributed by atoms with Crippen molar-refractivity contribution >= 4 is 11.6 Å². The van der Waals surface area contributed by atoms with Crippen molar-refractivity contribution in [3.05, 3.63) is 57.4 Å². The second-order valence-corrected chi connectivity index (χ2v) is 5.83. The minimum atomic E-state index is -0.190. The van der Waals surface area contributed by atoms with E-state index in [1.54, 1.807) is 0 Å². The van der Waals surface area contributed by atoms with E-state index >= 15 is 0 Å². The lowest BCUT2D eigenvalue weighted by atomic mass is 10.0. The lowest BCUT2D eigenvalue weighted by molar-refractivity contribution is 0.210. The largest absolute Gasteiger partial charge is 0.484 e. The van der Waals surface area contributed by atoms with Gasteiger partial charge in [-0.3, -0.25) is 4.98 Å². The highest BCUT2D eigenvalue weighted by Crippen LogP contribution is 2.31. The van der Waals surface area contributed by atoms with Gasteiger partial charge in [-0.2, -0.15) is 0 Å². The topological polar surface area (TPSA) is 48.1 Å². The maximum atomic E-state index is 6.19. The average molecular weight is 305 g/mol. The Balaban J connectivity index is 2.38. The summed E-state index contributed by atoms with van der Waals surface area (Å²) in [5.41, 5.74) is 11.1. The van der Waals surface area contributed by atoms with Gasteiger partial charge >= 0.3 is 0 Å². The molecule has 0 radical (unpaired) electrons. The summed E-state index contributed by atoms with van der Waals surface area (Å²) in [6, 6.07) is 5.84. The first-order valence-corrected chi connectivity index (χ1v) is 7.36.